The predicted octanol–water partition coefficient (Wildman–Crippen LogP) is 1.58. The standard InChI is InChI=1S/C13H18N2O3/c1-9-4-5-10(13(17)18)8-11(9)14-12(16)6-7-15(2)3/h4-5,8H,6-7H2,1-3H3,(H,14,16)(H,17,18). The average Bonchev–Trinajstić information content (AvgIpc) is 2.29. The Morgan fingerprint density at radius 2 is 2.00 bits per heavy atom. The van der Waals surface area contributed by atoms with E-state index < -0.39 is 5.97 Å². The summed E-state index contributed by atoms with van der Waals surface area (Å²) < 4.78 is 0. The molecule has 0 saturated carbocycles. The molecule has 0 atom stereocenters. The Balaban J connectivity index is 2.74. The minimum atomic E-state index is -1.00. The number of aromatic carboxylic acids is 1. The van der Waals surface area contributed by atoms with Gasteiger partial charge in [0.15, 0.2) is 0 Å². The highest BCUT2D eigenvalue weighted by Gasteiger charge is 2.09. The Morgan fingerprint density at radius 1 is 1.33 bits per heavy atom. The number of carbonyl (C=O) groups excluding carboxylic acids is 1. The number of carboxylic acids is 1. The van der Waals surface area contributed by atoms with Crippen molar-refractivity contribution in [2.24, 2.45) is 0 Å². The fraction of sp³-hybridized carbons (Fsp3) is 0.385. The molecule has 5 heteroatoms. The van der Waals surface area contributed by atoms with Gasteiger partial charge < -0.3 is 15.3 Å². The van der Waals surface area contributed by atoms with Gasteiger partial charge in [0.05, 0.1) is 5.56 Å². The number of hydrogen-bond donors (Lipinski definition) is 2. The molecule has 0 saturated heterocycles. The lowest BCUT2D eigenvalue weighted by Gasteiger charge is -2.11. The maximum atomic E-state index is 11.7. The quantitative estimate of drug-likeness (QED) is 0.832. The van der Waals surface area contributed by atoms with E-state index in [0.717, 1.165) is 5.56 Å². The minimum absolute atomic E-state index is 0.116. The van der Waals surface area contributed by atoms with E-state index in [1.165, 1.54) is 12.1 Å². The molecular weight excluding hydrogens is 232 g/mol. The third kappa shape index (κ3) is 4.18. The summed E-state index contributed by atoms with van der Waals surface area (Å²) in [6, 6.07) is 4.68. The highest BCUT2D eigenvalue weighted by atomic mass is 16.4. The molecule has 1 aromatic carbocycles. The smallest absolute Gasteiger partial charge is 0.335 e. The van der Waals surface area contributed by atoms with Gasteiger partial charge in [-0.15, -0.1) is 0 Å². The second kappa shape index (κ2) is 6.16. The molecule has 0 heterocycles. The zero-order valence-corrected chi connectivity index (χ0v) is 10.9. The summed E-state index contributed by atoms with van der Waals surface area (Å²) in [7, 11) is 3.78. The summed E-state index contributed by atoms with van der Waals surface area (Å²) in [5.74, 6) is -1.12. The van der Waals surface area contributed by atoms with Crippen molar-refractivity contribution in [2.45, 2.75) is 13.3 Å². The summed E-state index contributed by atoms with van der Waals surface area (Å²) in [6.45, 7) is 2.48. The molecule has 18 heavy (non-hydrogen) atoms. The molecule has 0 bridgehead atoms. The number of amides is 1. The first-order valence-electron chi connectivity index (χ1n) is 5.68. The van der Waals surface area contributed by atoms with Crippen LogP contribution >= 0.6 is 0 Å². The Hall–Kier alpha value is -1.88. The van der Waals surface area contributed by atoms with Crippen molar-refractivity contribution in [3.63, 3.8) is 0 Å². The van der Waals surface area contributed by atoms with Crippen LogP contribution in [0, 0.1) is 6.92 Å². The molecule has 5 nitrogen and oxygen atoms in total. The van der Waals surface area contributed by atoms with Gasteiger partial charge in [0.25, 0.3) is 0 Å². The van der Waals surface area contributed by atoms with Gasteiger partial charge in [0.1, 0.15) is 0 Å². The third-order valence-corrected chi connectivity index (χ3v) is 2.54. The molecule has 0 aliphatic carbocycles. The van der Waals surface area contributed by atoms with Crippen LogP contribution in [0.25, 0.3) is 0 Å². The van der Waals surface area contributed by atoms with Crippen LogP contribution in [-0.2, 0) is 4.79 Å². The van der Waals surface area contributed by atoms with E-state index in [-0.39, 0.29) is 11.5 Å². The van der Waals surface area contributed by atoms with Crippen LogP contribution in [0.2, 0.25) is 0 Å². The molecule has 2 N–H and O–H groups in total. The maximum Gasteiger partial charge on any atom is 0.335 e. The van der Waals surface area contributed by atoms with Crippen molar-refractivity contribution in [2.75, 3.05) is 26.0 Å². The zero-order chi connectivity index (χ0) is 13.7. The van der Waals surface area contributed by atoms with Crippen molar-refractivity contribution < 1.29 is 14.7 Å². The van der Waals surface area contributed by atoms with Crippen LogP contribution in [-0.4, -0.2) is 42.5 Å². The number of carbonyl (C=O) groups is 2. The molecule has 1 aromatic rings. The van der Waals surface area contributed by atoms with E-state index in [9.17, 15) is 9.59 Å². The predicted molar refractivity (Wildman–Crippen MR) is 69.9 cm³/mol. The van der Waals surface area contributed by atoms with Gasteiger partial charge in [-0.25, -0.2) is 4.79 Å². The number of rotatable bonds is 5. The van der Waals surface area contributed by atoms with Crippen LogP contribution in [0.15, 0.2) is 18.2 Å². The van der Waals surface area contributed by atoms with Crippen molar-refractivity contribution in [1.82, 2.24) is 4.90 Å². The zero-order valence-electron chi connectivity index (χ0n) is 10.9. The van der Waals surface area contributed by atoms with Crippen LogP contribution in [0.1, 0.15) is 22.3 Å². The van der Waals surface area contributed by atoms with Gasteiger partial charge >= 0.3 is 5.97 Å². The van der Waals surface area contributed by atoms with E-state index >= 15 is 0 Å². The van der Waals surface area contributed by atoms with Crippen molar-refractivity contribution >= 4 is 17.6 Å². The highest BCUT2D eigenvalue weighted by molar-refractivity contribution is 5.94. The largest absolute Gasteiger partial charge is 0.478 e. The molecule has 98 valence electrons. The van der Waals surface area contributed by atoms with Crippen LogP contribution < -0.4 is 5.32 Å². The molecule has 0 fully saturated rings. The van der Waals surface area contributed by atoms with E-state index in [4.69, 9.17) is 5.11 Å². The monoisotopic (exact) mass is 250 g/mol. The number of benzene rings is 1. The lowest BCUT2D eigenvalue weighted by molar-refractivity contribution is -0.116. The fourth-order valence-corrected chi connectivity index (χ4v) is 1.43. The SMILES string of the molecule is Cc1ccc(C(=O)O)cc1NC(=O)CCN(C)C. The second-order valence-electron chi connectivity index (χ2n) is 4.44. The second-order valence-corrected chi connectivity index (χ2v) is 4.44. The molecule has 0 unspecified atom stereocenters. The van der Waals surface area contributed by atoms with Gasteiger partial charge in [-0.05, 0) is 38.7 Å². The Kier molecular flexibility index (Phi) is 4.85. The summed E-state index contributed by atoms with van der Waals surface area (Å²) in [6.07, 6.45) is 0.379. The molecule has 0 spiro atoms. The molecule has 1 rings (SSSR count). The van der Waals surface area contributed by atoms with Gasteiger partial charge in [0, 0.05) is 18.7 Å². The molecule has 0 aliphatic rings. The molecule has 1 amide bonds. The van der Waals surface area contributed by atoms with Crippen LogP contribution in [0.5, 0.6) is 0 Å². The van der Waals surface area contributed by atoms with Crippen molar-refractivity contribution in [1.29, 1.82) is 0 Å². The number of nitrogens with one attached hydrogen (secondary N) is 1. The summed E-state index contributed by atoms with van der Waals surface area (Å²) in [5.41, 5.74) is 1.57. The first kappa shape index (κ1) is 14.2. The average molecular weight is 250 g/mol. The Labute approximate surface area is 106 Å². The highest BCUT2D eigenvalue weighted by Crippen LogP contribution is 2.17. The summed E-state index contributed by atoms with van der Waals surface area (Å²) in [4.78, 5) is 24.4. The number of anilines is 1. The lowest BCUT2D eigenvalue weighted by atomic mass is 10.1. The lowest BCUT2D eigenvalue weighted by Crippen LogP contribution is -2.21. The van der Waals surface area contributed by atoms with Gasteiger partial charge in [-0.1, -0.05) is 6.07 Å². The van der Waals surface area contributed by atoms with E-state index in [0.29, 0.717) is 18.7 Å². The van der Waals surface area contributed by atoms with E-state index in [1.807, 2.05) is 25.9 Å². The van der Waals surface area contributed by atoms with Crippen molar-refractivity contribution in [3.05, 3.63) is 29.3 Å². The van der Waals surface area contributed by atoms with E-state index in [2.05, 4.69) is 5.32 Å². The third-order valence-electron chi connectivity index (χ3n) is 2.54. The summed E-state index contributed by atoms with van der Waals surface area (Å²) >= 11 is 0. The van der Waals surface area contributed by atoms with Crippen LogP contribution in [0.3, 0.4) is 0 Å². The van der Waals surface area contributed by atoms with Crippen LogP contribution in [0.4, 0.5) is 5.69 Å². The fourth-order valence-electron chi connectivity index (χ4n) is 1.43. The van der Waals surface area contributed by atoms with Gasteiger partial charge in [-0.3, -0.25) is 4.79 Å². The van der Waals surface area contributed by atoms with E-state index in [1.54, 1.807) is 6.07 Å². The Morgan fingerprint density at radius 3 is 2.56 bits per heavy atom. The number of aryl methyl sites for hydroxylation is 1. The minimum Gasteiger partial charge on any atom is -0.478 e. The number of hydrogen-bond acceptors (Lipinski definition) is 3. The van der Waals surface area contributed by atoms with Crippen molar-refractivity contribution in [3.8, 4) is 0 Å². The normalized spacial score (nSPS) is 10.4. The molecule has 0 aliphatic heterocycles. The molecule has 0 radical (unpaired) electrons. The van der Waals surface area contributed by atoms with Gasteiger partial charge in [-0.2, -0.15) is 0 Å². The number of carboxylic acid groups (broad SMARTS) is 1. The summed E-state index contributed by atoms with van der Waals surface area (Å²) in [5, 5.41) is 11.6. The first-order chi connectivity index (χ1) is 8.40. The number of nitrogens with zero attached hydrogens (tertiary/aromatic N) is 1. The van der Waals surface area contributed by atoms with Gasteiger partial charge in [0.2, 0.25) is 5.91 Å². The maximum absolute atomic E-state index is 11.7. The topological polar surface area (TPSA) is 69.6 Å². The molecule has 0 aromatic heterocycles. The Bertz CT molecular complexity index is 456. The molecular formula is C13H18N2O3. The first-order valence-corrected chi connectivity index (χ1v) is 5.68.